The lowest BCUT2D eigenvalue weighted by Crippen LogP contribution is -2.44. The summed E-state index contributed by atoms with van der Waals surface area (Å²) in [7, 11) is 0. The molecule has 3 aromatic rings. The Balaban J connectivity index is 1.54. The Morgan fingerprint density at radius 1 is 1.06 bits per heavy atom. The first-order valence-corrected chi connectivity index (χ1v) is 12.7. The normalized spacial score (nSPS) is 15.7. The minimum atomic E-state index is -0.394. The van der Waals surface area contributed by atoms with Crippen LogP contribution in [0.3, 0.4) is 0 Å². The zero-order chi connectivity index (χ0) is 25.3. The monoisotopic (exact) mass is 490 g/mol. The van der Waals surface area contributed by atoms with Crippen molar-refractivity contribution in [2.24, 2.45) is 5.92 Å². The second-order valence-electron chi connectivity index (χ2n) is 9.62. The summed E-state index contributed by atoms with van der Waals surface area (Å²) in [5.74, 6) is 1.10. The summed E-state index contributed by atoms with van der Waals surface area (Å²) in [5.41, 5.74) is 3.17. The lowest BCUT2D eigenvalue weighted by atomic mass is 10.0. The number of nitrogens with zero attached hydrogens (tertiary/aromatic N) is 1. The van der Waals surface area contributed by atoms with Gasteiger partial charge in [-0.3, -0.25) is 4.79 Å². The topological polar surface area (TPSA) is 50.8 Å². The van der Waals surface area contributed by atoms with Gasteiger partial charge in [-0.1, -0.05) is 62.4 Å². The molecule has 1 N–H and O–H groups in total. The molecule has 4 rings (SSSR count). The molecule has 0 saturated carbocycles. The second kappa shape index (κ2) is 12.4. The number of fused-ring (bicyclic) bond motifs is 2. The maximum Gasteiger partial charge on any atom is 0.223 e. The fraction of sp³-hybridized carbons (Fsp3) is 0.367. The van der Waals surface area contributed by atoms with E-state index in [1.165, 1.54) is 6.07 Å². The zero-order valence-corrected chi connectivity index (χ0v) is 21.1. The highest BCUT2D eigenvalue weighted by Crippen LogP contribution is 2.27. The molecular formula is C30H35FN2O3. The molecule has 0 fully saturated rings. The van der Waals surface area contributed by atoms with Gasteiger partial charge in [-0.15, -0.1) is 0 Å². The standard InChI is InChI=1S/C30H35FN2O3/c1-22(2)18-25-21-36-28-14-7-4-10-23(28)19-32-27-13-6-3-11-24(27)20-33(25)30(34)16-9-17-35-29-15-8-5-12-26(29)31/h3-8,10-15,22,25,32H,9,16-21H2,1-2H3/t25-/m0/s1. The van der Waals surface area contributed by atoms with Crippen molar-refractivity contribution in [1.82, 2.24) is 4.90 Å². The number of para-hydroxylation sites is 3. The molecule has 1 aliphatic heterocycles. The zero-order valence-electron chi connectivity index (χ0n) is 21.1. The van der Waals surface area contributed by atoms with Crippen molar-refractivity contribution in [3.8, 4) is 11.5 Å². The Morgan fingerprint density at radius 2 is 1.78 bits per heavy atom. The van der Waals surface area contributed by atoms with Crippen molar-refractivity contribution in [3.63, 3.8) is 0 Å². The van der Waals surface area contributed by atoms with Crippen LogP contribution in [0.5, 0.6) is 11.5 Å². The molecule has 1 aliphatic rings. The molecule has 0 spiro atoms. The number of ether oxygens (including phenoxy) is 2. The predicted octanol–water partition coefficient (Wildman–Crippen LogP) is 6.43. The molecule has 3 aromatic carbocycles. The van der Waals surface area contributed by atoms with Gasteiger partial charge in [0.15, 0.2) is 11.6 Å². The third kappa shape index (κ3) is 6.78. The Labute approximate surface area is 213 Å². The lowest BCUT2D eigenvalue weighted by Gasteiger charge is -2.33. The van der Waals surface area contributed by atoms with Crippen LogP contribution < -0.4 is 14.8 Å². The molecule has 0 aromatic heterocycles. The van der Waals surface area contributed by atoms with Crippen LogP contribution in [-0.4, -0.2) is 30.1 Å². The number of rotatable bonds is 7. The average molecular weight is 491 g/mol. The number of halogens is 1. The third-order valence-corrected chi connectivity index (χ3v) is 6.36. The first-order valence-electron chi connectivity index (χ1n) is 12.7. The first kappa shape index (κ1) is 25.5. The summed E-state index contributed by atoms with van der Waals surface area (Å²) in [4.78, 5) is 15.5. The van der Waals surface area contributed by atoms with Crippen LogP contribution >= 0.6 is 0 Å². The first-order chi connectivity index (χ1) is 17.5. The van der Waals surface area contributed by atoms with E-state index in [0.29, 0.717) is 38.5 Å². The van der Waals surface area contributed by atoms with E-state index in [2.05, 4.69) is 37.4 Å². The van der Waals surface area contributed by atoms with Gasteiger partial charge in [-0.2, -0.15) is 0 Å². The number of hydrogen-bond acceptors (Lipinski definition) is 4. The van der Waals surface area contributed by atoms with Crippen molar-refractivity contribution in [3.05, 3.63) is 89.7 Å². The van der Waals surface area contributed by atoms with E-state index >= 15 is 0 Å². The van der Waals surface area contributed by atoms with Gasteiger partial charge >= 0.3 is 0 Å². The molecule has 190 valence electrons. The highest BCUT2D eigenvalue weighted by molar-refractivity contribution is 5.77. The van der Waals surface area contributed by atoms with Crippen molar-refractivity contribution < 1.29 is 18.7 Å². The fourth-order valence-corrected chi connectivity index (χ4v) is 4.54. The van der Waals surface area contributed by atoms with Gasteiger partial charge in [0, 0.05) is 30.8 Å². The summed E-state index contributed by atoms with van der Waals surface area (Å²) in [6.45, 7) is 6.17. The third-order valence-electron chi connectivity index (χ3n) is 6.36. The molecule has 0 aliphatic carbocycles. The molecule has 5 nitrogen and oxygen atoms in total. The van der Waals surface area contributed by atoms with Crippen LogP contribution in [0, 0.1) is 11.7 Å². The molecule has 1 atom stereocenters. The molecule has 1 amide bonds. The summed E-state index contributed by atoms with van der Waals surface area (Å²) in [6, 6.07) is 22.4. The SMILES string of the molecule is CC(C)C[C@H]1COc2ccccc2CNc2ccccc2CN1C(=O)CCCOc1ccccc1F. The molecule has 0 bridgehead atoms. The Hall–Kier alpha value is -3.54. The van der Waals surface area contributed by atoms with Gasteiger partial charge in [-0.25, -0.2) is 4.39 Å². The maximum atomic E-state index is 13.9. The summed E-state index contributed by atoms with van der Waals surface area (Å²) in [6.07, 6.45) is 1.64. The lowest BCUT2D eigenvalue weighted by molar-refractivity contribution is -0.135. The summed E-state index contributed by atoms with van der Waals surface area (Å²) in [5, 5.41) is 3.53. The highest BCUT2D eigenvalue weighted by atomic mass is 19.1. The maximum absolute atomic E-state index is 13.9. The molecule has 36 heavy (non-hydrogen) atoms. The van der Waals surface area contributed by atoms with E-state index in [4.69, 9.17) is 9.47 Å². The minimum Gasteiger partial charge on any atom is -0.491 e. The van der Waals surface area contributed by atoms with Crippen LogP contribution in [0.1, 0.15) is 44.2 Å². The highest BCUT2D eigenvalue weighted by Gasteiger charge is 2.27. The molecule has 0 radical (unpaired) electrons. The summed E-state index contributed by atoms with van der Waals surface area (Å²) < 4.78 is 25.7. The van der Waals surface area contributed by atoms with E-state index < -0.39 is 5.82 Å². The largest absolute Gasteiger partial charge is 0.491 e. The van der Waals surface area contributed by atoms with E-state index in [9.17, 15) is 9.18 Å². The number of nitrogens with one attached hydrogen (secondary N) is 1. The molecule has 6 heteroatoms. The number of carbonyl (C=O) groups is 1. The van der Waals surface area contributed by atoms with Gasteiger partial charge in [0.25, 0.3) is 0 Å². The van der Waals surface area contributed by atoms with E-state index in [1.54, 1.807) is 18.2 Å². The van der Waals surface area contributed by atoms with Crippen LogP contribution in [0.25, 0.3) is 0 Å². The van der Waals surface area contributed by atoms with Gasteiger partial charge in [0.1, 0.15) is 12.4 Å². The van der Waals surface area contributed by atoms with Crippen LogP contribution in [0.2, 0.25) is 0 Å². The van der Waals surface area contributed by atoms with Crippen LogP contribution in [-0.2, 0) is 17.9 Å². The Bertz CT molecular complexity index is 1150. The van der Waals surface area contributed by atoms with Crippen molar-refractivity contribution in [2.45, 2.75) is 52.2 Å². The van der Waals surface area contributed by atoms with Crippen molar-refractivity contribution >= 4 is 11.6 Å². The molecule has 0 unspecified atom stereocenters. The smallest absolute Gasteiger partial charge is 0.223 e. The van der Waals surface area contributed by atoms with Crippen LogP contribution in [0.15, 0.2) is 72.8 Å². The van der Waals surface area contributed by atoms with Gasteiger partial charge in [0.2, 0.25) is 5.91 Å². The number of anilines is 1. The van der Waals surface area contributed by atoms with Crippen molar-refractivity contribution in [2.75, 3.05) is 18.5 Å². The van der Waals surface area contributed by atoms with E-state index in [1.807, 2.05) is 35.2 Å². The fourth-order valence-electron chi connectivity index (χ4n) is 4.54. The molecule has 1 heterocycles. The van der Waals surface area contributed by atoms with E-state index in [0.717, 1.165) is 29.0 Å². The number of carbonyl (C=O) groups excluding carboxylic acids is 1. The average Bonchev–Trinajstić information content (AvgIpc) is 2.90. The Kier molecular flexibility index (Phi) is 8.82. The van der Waals surface area contributed by atoms with Crippen molar-refractivity contribution in [1.29, 1.82) is 0 Å². The summed E-state index contributed by atoms with van der Waals surface area (Å²) >= 11 is 0. The number of hydrogen-bond donors (Lipinski definition) is 1. The predicted molar refractivity (Wildman–Crippen MR) is 141 cm³/mol. The van der Waals surface area contributed by atoms with E-state index in [-0.39, 0.29) is 24.3 Å². The molecular weight excluding hydrogens is 455 g/mol. The second-order valence-corrected chi connectivity index (χ2v) is 9.62. The quantitative estimate of drug-likeness (QED) is 0.388. The number of amides is 1. The van der Waals surface area contributed by atoms with Gasteiger partial charge in [0.05, 0.1) is 12.6 Å². The Morgan fingerprint density at radius 3 is 2.58 bits per heavy atom. The van der Waals surface area contributed by atoms with Gasteiger partial charge < -0.3 is 19.7 Å². The van der Waals surface area contributed by atoms with Crippen LogP contribution in [0.4, 0.5) is 10.1 Å². The number of benzene rings is 3. The minimum absolute atomic E-state index is 0.0451. The molecule has 0 saturated heterocycles. The van der Waals surface area contributed by atoms with Gasteiger partial charge in [-0.05, 0) is 48.6 Å².